The molecule has 0 spiro atoms. The van der Waals surface area contributed by atoms with Crippen molar-refractivity contribution in [1.29, 1.82) is 0 Å². The highest BCUT2D eigenvalue weighted by Crippen LogP contribution is 2.29. The van der Waals surface area contributed by atoms with Crippen molar-refractivity contribution in [3.05, 3.63) is 59.7 Å². The first kappa shape index (κ1) is 18.6. The number of likely N-dealkylation sites (tertiary alicyclic amines) is 1. The molecule has 4 rings (SSSR count). The Morgan fingerprint density at radius 3 is 2.31 bits per heavy atom. The predicted molar refractivity (Wildman–Crippen MR) is 95.9 cm³/mol. The quantitative estimate of drug-likeness (QED) is 0.886. The molecule has 0 saturated carbocycles. The number of carbonyl (C=O) groups excluding carboxylic acids is 1. The maximum atomic E-state index is 13.6. The van der Waals surface area contributed by atoms with Gasteiger partial charge in [0.05, 0.1) is 0 Å². The van der Waals surface area contributed by atoms with E-state index < -0.39 is 11.6 Å². The maximum absolute atomic E-state index is 13.6. The maximum Gasteiger partial charge on any atom is 0.253 e. The molecule has 2 fully saturated rings. The summed E-state index contributed by atoms with van der Waals surface area (Å²) in [6, 6.07) is 9.72. The summed E-state index contributed by atoms with van der Waals surface area (Å²) in [6.07, 6.45) is 0. The van der Waals surface area contributed by atoms with Gasteiger partial charge in [-0.05, 0) is 48.2 Å². The molecule has 4 nitrogen and oxygen atoms in total. The second-order valence-corrected chi connectivity index (χ2v) is 6.59. The van der Waals surface area contributed by atoms with Crippen molar-refractivity contribution < 1.29 is 18.3 Å². The number of amides is 1. The third-order valence-electron chi connectivity index (χ3n) is 4.90. The molecule has 2 aliphatic heterocycles. The Morgan fingerprint density at radius 2 is 1.69 bits per heavy atom. The number of hydrogen-bond donors (Lipinski definition) is 1. The molecule has 0 aliphatic carbocycles. The van der Waals surface area contributed by atoms with Crippen LogP contribution in [0, 0.1) is 23.5 Å². The number of carbonyl (C=O) groups is 1. The Hall–Kier alpha value is -2.18. The normalized spacial score (nSPS) is 21.2. The monoisotopic (exact) mass is 380 g/mol. The van der Waals surface area contributed by atoms with Crippen LogP contribution in [0.2, 0.25) is 0 Å². The van der Waals surface area contributed by atoms with E-state index >= 15 is 0 Å². The zero-order chi connectivity index (χ0) is 17.4. The Kier molecular flexibility index (Phi) is 5.44. The van der Waals surface area contributed by atoms with E-state index in [1.54, 1.807) is 24.3 Å². The van der Waals surface area contributed by atoms with Crippen molar-refractivity contribution in [1.82, 2.24) is 10.2 Å². The predicted octanol–water partition coefficient (Wildman–Crippen LogP) is 3.47. The van der Waals surface area contributed by atoms with Gasteiger partial charge in [-0.15, -0.1) is 12.4 Å². The van der Waals surface area contributed by atoms with Gasteiger partial charge in [-0.1, -0.05) is 0 Å². The first-order valence-corrected chi connectivity index (χ1v) is 8.33. The molecule has 138 valence electrons. The second-order valence-electron chi connectivity index (χ2n) is 6.59. The van der Waals surface area contributed by atoms with E-state index in [1.165, 1.54) is 6.07 Å². The SMILES string of the molecule is Cl.O=C(c1ccc(Oc2ccc(F)cc2F)cc1)N1C[C@H]2CNC[C@H]2C1. The van der Waals surface area contributed by atoms with E-state index in [0.717, 1.165) is 38.3 Å². The molecular weight excluding hydrogens is 362 g/mol. The van der Waals surface area contributed by atoms with Crippen LogP contribution in [-0.2, 0) is 0 Å². The van der Waals surface area contributed by atoms with Gasteiger partial charge in [-0.3, -0.25) is 4.79 Å². The first-order valence-electron chi connectivity index (χ1n) is 8.33. The van der Waals surface area contributed by atoms with Crippen molar-refractivity contribution in [2.45, 2.75) is 0 Å². The summed E-state index contributed by atoms with van der Waals surface area (Å²) < 4.78 is 32.0. The van der Waals surface area contributed by atoms with Gasteiger partial charge in [0.15, 0.2) is 11.6 Å². The number of hydrogen-bond acceptors (Lipinski definition) is 3. The molecule has 7 heteroatoms. The Morgan fingerprint density at radius 1 is 1.04 bits per heavy atom. The molecule has 0 unspecified atom stereocenters. The van der Waals surface area contributed by atoms with Crippen molar-refractivity contribution in [3.63, 3.8) is 0 Å². The van der Waals surface area contributed by atoms with Crippen LogP contribution in [0.4, 0.5) is 8.78 Å². The van der Waals surface area contributed by atoms with Crippen LogP contribution in [0.3, 0.4) is 0 Å². The van der Waals surface area contributed by atoms with E-state index in [4.69, 9.17) is 4.74 Å². The lowest BCUT2D eigenvalue weighted by Gasteiger charge is -2.17. The van der Waals surface area contributed by atoms with Gasteiger partial charge in [0, 0.05) is 37.8 Å². The highest BCUT2D eigenvalue weighted by atomic mass is 35.5. The molecule has 2 aromatic rings. The average Bonchev–Trinajstić information content (AvgIpc) is 3.19. The minimum atomic E-state index is -0.766. The summed E-state index contributed by atoms with van der Waals surface area (Å²) in [7, 11) is 0. The lowest BCUT2D eigenvalue weighted by atomic mass is 10.0. The third kappa shape index (κ3) is 3.66. The van der Waals surface area contributed by atoms with Crippen LogP contribution in [0.15, 0.2) is 42.5 Å². The zero-order valence-electron chi connectivity index (χ0n) is 14.0. The smallest absolute Gasteiger partial charge is 0.253 e. The summed E-state index contributed by atoms with van der Waals surface area (Å²) in [4.78, 5) is 14.5. The van der Waals surface area contributed by atoms with E-state index in [-0.39, 0.29) is 24.1 Å². The van der Waals surface area contributed by atoms with Gasteiger partial charge in [0.2, 0.25) is 0 Å². The van der Waals surface area contributed by atoms with Crippen LogP contribution in [-0.4, -0.2) is 37.0 Å². The third-order valence-corrected chi connectivity index (χ3v) is 4.90. The molecule has 2 heterocycles. The molecule has 0 radical (unpaired) electrons. The van der Waals surface area contributed by atoms with Crippen LogP contribution in [0.1, 0.15) is 10.4 Å². The summed E-state index contributed by atoms with van der Waals surface area (Å²) in [5.41, 5.74) is 0.583. The minimum Gasteiger partial charge on any atom is -0.454 e. The molecule has 0 aromatic heterocycles. The van der Waals surface area contributed by atoms with E-state index in [2.05, 4.69) is 5.32 Å². The number of rotatable bonds is 3. The fraction of sp³-hybridized carbons (Fsp3) is 0.316. The molecular formula is C19H19ClF2N2O2. The number of benzene rings is 2. The molecule has 2 atom stereocenters. The first-order chi connectivity index (χ1) is 12.1. The van der Waals surface area contributed by atoms with Gasteiger partial charge in [0.1, 0.15) is 11.6 Å². The van der Waals surface area contributed by atoms with Gasteiger partial charge in [-0.25, -0.2) is 8.78 Å². The number of halogens is 3. The highest BCUT2D eigenvalue weighted by Gasteiger charge is 2.38. The lowest BCUT2D eigenvalue weighted by Crippen LogP contribution is -2.31. The lowest BCUT2D eigenvalue weighted by molar-refractivity contribution is 0.0781. The largest absolute Gasteiger partial charge is 0.454 e. The summed E-state index contributed by atoms with van der Waals surface area (Å²) in [6.45, 7) is 3.53. The van der Waals surface area contributed by atoms with E-state index in [1.807, 2.05) is 4.90 Å². The van der Waals surface area contributed by atoms with Gasteiger partial charge in [0.25, 0.3) is 5.91 Å². The van der Waals surface area contributed by atoms with Crippen molar-refractivity contribution in [2.24, 2.45) is 11.8 Å². The van der Waals surface area contributed by atoms with Crippen LogP contribution in [0.25, 0.3) is 0 Å². The van der Waals surface area contributed by atoms with Crippen molar-refractivity contribution in [2.75, 3.05) is 26.2 Å². The average molecular weight is 381 g/mol. The summed E-state index contributed by atoms with van der Waals surface area (Å²) in [5.74, 6) is 0.0218. The molecule has 0 bridgehead atoms. The molecule has 2 aromatic carbocycles. The van der Waals surface area contributed by atoms with E-state index in [9.17, 15) is 13.6 Å². The molecule has 1 N–H and O–H groups in total. The van der Waals surface area contributed by atoms with Crippen LogP contribution in [0.5, 0.6) is 11.5 Å². The number of nitrogens with one attached hydrogen (secondary N) is 1. The Balaban J connectivity index is 0.00000196. The standard InChI is InChI=1S/C19H18F2N2O2.ClH/c20-15-3-6-18(17(21)7-15)25-16-4-1-12(2-5-16)19(24)23-10-13-8-22-9-14(13)11-23;/h1-7,13-14,22H,8-11H2;1H/t13-,14+;. The fourth-order valence-corrected chi connectivity index (χ4v) is 3.55. The molecule has 26 heavy (non-hydrogen) atoms. The zero-order valence-corrected chi connectivity index (χ0v) is 14.8. The number of ether oxygens (including phenoxy) is 1. The summed E-state index contributed by atoms with van der Waals surface area (Å²) >= 11 is 0. The van der Waals surface area contributed by atoms with Crippen LogP contribution >= 0.6 is 12.4 Å². The Labute approximate surface area is 156 Å². The van der Waals surface area contributed by atoms with Crippen molar-refractivity contribution >= 4 is 18.3 Å². The number of nitrogens with zero attached hydrogens (tertiary/aromatic N) is 1. The number of fused-ring (bicyclic) bond motifs is 1. The highest BCUT2D eigenvalue weighted by molar-refractivity contribution is 5.94. The summed E-state index contributed by atoms with van der Waals surface area (Å²) in [5, 5.41) is 3.35. The van der Waals surface area contributed by atoms with E-state index in [0.29, 0.717) is 23.1 Å². The topological polar surface area (TPSA) is 41.6 Å². The molecule has 1 amide bonds. The van der Waals surface area contributed by atoms with Crippen LogP contribution < -0.4 is 10.1 Å². The molecule has 2 saturated heterocycles. The van der Waals surface area contributed by atoms with Gasteiger partial charge < -0.3 is 15.0 Å². The fourth-order valence-electron chi connectivity index (χ4n) is 3.55. The van der Waals surface area contributed by atoms with Gasteiger partial charge in [-0.2, -0.15) is 0 Å². The Bertz CT molecular complexity index is 789. The van der Waals surface area contributed by atoms with Crippen molar-refractivity contribution in [3.8, 4) is 11.5 Å². The minimum absolute atomic E-state index is 0. The molecule has 2 aliphatic rings. The van der Waals surface area contributed by atoms with Gasteiger partial charge >= 0.3 is 0 Å². The second kappa shape index (κ2) is 7.60.